The van der Waals surface area contributed by atoms with Gasteiger partial charge in [0.1, 0.15) is 5.01 Å². The second kappa shape index (κ2) is 6.49. The van der Waals surface area contributed by atoms with Crippen LogP contribution in [-0.4, -0.2) is 50.6 Å². The number of nitrogens with zero attached hydrogens (tertiary/aromatic N) is 6. The van der Waals surface area contributed by atoms with Crippen molar-refractivity contribution in [2.45, 2.75) is 6.54 Å². The van der Waals surface area contributed by atoms with Crippen LogP contribution in [0.15, 0.2) is 48.5 Å². The van der Waals surface area contributed by atoms with E-state index < -0.39 is 0 Å². The third-order valence-corrected chi connectivity index (χ3v) is 5.73. The maximum atomic E-state index is 12.6. The third kappa shape index (κ3) is 2.78. The van der Waals surface area contributed by atoms with Crippen LogP contribution in [0.2, 0.25) is 0 Å². The summed E-state index contributed by atoms with van der Waals surface area (Å²) in [6, 6.07) is 14.8. The van der Waals surface area contributed by atoms with E-state index in [2.05, 4.69) is 15.3 Å². The second-order valence-corrected chi connectivity index (χ2v) is 7.94. The first-order chi connectivity index (χ1) is 14.0. The summed E-state index contributed by atoms with van der Waals surface area (Å²) in [7, 11) is 3.96. The van der Waals surface area contributed by atoms with Gasteiger partial charge in [-0.1, -0.05) is 23.5 Å². The Kier molecular flexibility index (Phi) is 3.92. The number of hydrogen-bond donors (Lipinski definition) is 0. The Morgan fingerprint density at radius 3 is 2.21 bits per heavy atom. The van der Waals surface area contributed by atoms with Crippen molar-refractivity contribution >= 4 is 33.8 Å². The Bertz CT molecular complexity index is 1220. The average Bonchev–Trinajstić information content (AvgIpc) is 3.37. The molecule has 0 aliphatic carbocycles. The van der Waals surface area contributed by atoms with Gasteiger partial charge in [-0.25, -0.2) is 0 Å². The Hall–Kier alpha value is -3.59. The number of rotatable bonds is 4. The molecule has 144 valence electrons. The number of fused-ring (bicyclic) bond motifs is 2. The molecule has 8 nitrogen and oxygen atoms in total. The molecule has 2 amide bonds. The lowest BCUT2D eigenvalue weighted by molar-refractivity contribution is 0.0642. The Balaban J connectivity index is 1.45. The fraction of sp³-hybridized carbons (Fsp3) is 0.150. The molecular formula is C20H16N6O2S. The van der Waals surface area contributed by atoms with E-state index in [-0.39, 0.29) is 18.4 Å². The number of amides is 2. The summed E-state index contributed by atoms with van der Waals surface area (Å²) in [5.41, 5.74) is 2.84. The summed E-state index contributed by atoms with van der Waals surface area (Å²) in [6.07, 6.45) is 0. The van der Waals surface area contributed by atoms with Gasteiger partial charge in [0.25, 0.3) is 11.8 Å². The molecule has 0 saturated heterocycles. The minimum atomic E-state index is -0.295. The normalized spacial score (nSPS) is 13.4. The number of hydrogen-bond acceptors (Lipinski definition) is 7. The summed E-state index contributed by atoms with van der Waals surface area (Å²) in [5, 5.41) is 13.6. The largest absolute Gasteiger partial charge is 0.378 e. The Morgan fingerprint density at radius 1 is 0.931 bits per heavy atom. The van der Waals surface area contributed by atoms with Gasteiger partial charge < -0.3 is 4.90 Å². The molecule has 2 aromatic heterocycles. The van der Waals surface area contributed by atoms with E-state index in [0.717, 1.165) is 11.3 Å². The zero-order valence-corrected chi connectivity index (χ0v) is 16.6. The van der Waals surface area contributed by atoms with E-state index in [1.165, 1.54) is 16.2 Å². The maximum absolute atomic E-state index is 12.6. The molecule has 0 atom stereocenters. The standard InChI is InChI=1S/C20H16N6O2S/c1-24(2)13-9-7-12(8-10-13)17-21-22-20-26(17)23-16(29-20)11-25-18(27)14-5-3-4-6-15(14)19(25)28/h3-10H,11H2,1-2H3. The van der Waals surface area contributed by atoms with Crippen LogP contribution in [0.1, 0.15) is 25.7 Å². The van der Waals surface area contributed by atoms with Crippen LogP contribution in [0.5, 0.6) is 0 Å². The average molecular weight is 404 g/mol. The molecular weight excluding hydrogens is 388 g/mol. The Labute approximate surface area is 170 Å². The molecule has 3 heterocycles. The van der Waals surface area contributed by atoms with Crippen molar-refractivity contribution in [3.63, 3.8) is 0 Å². The van der Waals surface area contributed by atoms with Crippen molar-refractivity contribution in [1.82, 2.24) is 24.7 Å². The number of benzene rings is 2. The highest BCUT2D eigenvalue weighted by Crippen LogP contribution is 2.27. The number of carbonyl (C=O) groups excluding carboxylic acids is 2. The molecule has 29 heavy (non-hydrogen) atoms. The predicted molar refractivity (Wildman–Crippen MR) is 109 cm³/mol. The van der Waals surface area contributed by atoms with E-state index in [4.69, 9.17) is 0 Å². The molecule has 0 saturated carbocycles. The van der Waals surface area contributed by atoms with Crippen molar-refractivity contribution in [3.8, 4) is 11.4 Å². The quantitative estimate of drug-likeness (QED) is 0.487. The van der Waals surface area contributed by atoms with Crippen molar-refractivity contribution in [3.05, 3.63) is 64.7 Å². The first kappa shape index (κ1) is 17.5. The van der Waals surface area contributed by atoms with E-state index in [1.54, 1.807) is 28.8 Å². The number of imide groups is 1. The van der Waals surface area contributed by atoms with Gasteiger partial charge in [0.2, 0.25) is 4.96 Å². The monoisotopic (exact) mass is 404 g/mol. The summed E-state index contributed by atoms with van der Waals surface area (Å²) in [4.78, 5) is 29.0. The van der Waals surface area contributed by atoms with Gasteiger partial charge in [-0.2, -0.15) is 9.61 Å². The molecule has 0 N–H and O–H groups in total. The third-order valence-electron chi connectivity index (χ3n) is 4.85. The lowest BCUT2D eigenvalue weighted by Gasteiger charge is -2.12. The van der Waals surface area contributed by atoms with Gasteiger partial charge >= 0.3 is 0 Å². The highest BCUT2D eigenvalue weighted by atomic mass is 32.1. The van der Waals surface area contributed by atoms with E-state index in [1.807, 2.05) is 43.3 Å². The molecule has 0 bridgehead atoms. The van der Waals surface area contributed by atoms with Crippen LogP contribution in [0.4, 0.5) is 5.69 Å². The van der Waals surface area contributed by atoms with Crippen LogP contribution < -0.4 is 4.90 Å². The molecule has 2 aromatic carbocycles. The second-order valence-electron chi connectivity index (χ2n) is 6.90. The minimum absolute atomic E-state index is 0.110. The van der Waals surface area contributed by atoms with Crippen LogP contribution in [0.3, 0.4) is 0 Å². The molecule has 9 heteroatoms. The number of aromatic nitrogens is 4. The van der Waals surface area contributed by atoms with Crippen LogP contribution >= 0.6 is 11.3 Å². The minimum Gasteiger partial charge on any atom is -0.378 e. The SMILES string of the molecule is CN(C)c1ccc(-c2nnc3sc(CN4C(=O)c5ccccc5C4=O)nn23)cc1. The van der Waals surface area contributed by atoms with E-state index in [0.29, 0.717) is 26.9 Å². The molecule has 4 aromatic rings. The van der Waals surface area contributed by atoms with Gasteiger partial charge in [0.05, 0.1) is 17.7 Å². The lowest BCUT2D eigenvalue weighted by Crippen LogP contribution is -2.29. The van der Waals surface area contributed by atoms with Gasteiger partial charge in [-0.05, 0) is 36.4 Å². The molecule has 1 aliphatic rings. The van der Waals surface area contributed by atoms with Crippen LogP contribution in [0.25, 0.3) is 16.3 Å². The molecule has 5 rings (SSSR count). The smallest absolute Gasteiger partial charge is 0.261 e. The molecule has 0 spiro atoms. The van der Waals surface area contributed by atoms with Crippen molar-refractivity contribution in [1.29, 1.82) is 0 Å². The Morgan fingerprint density at radius 2 is 1.59 bits per heavy atom. The molecule has 0 fully saturated rings. The summed E-state index contributed by atoms with van der Waals surface area (Å²) < 4.78 is 1.66. The molecule has 0 radical (unpaired) electrons. The highest BCUT2D eigenvalue weighted by Gasteiger charge is 2.35. The van der Waals surface area contributed by atoms with Crippen molar-refractivity contribution in [2.24, 2.45) is 0 Å². The number of carbonyl (C=O) groups is 2. The number of anilines is 1. The van der Waals surface area contributed by atoms with Crippen molar-refractivity contribution in [2.75, 3.05) is 19.0 Å². The summed E-state index contributed by atoms with van der Waals surface area (Å²) >= 11 is 1.31. The fourth-order valence-corrected chi connectivity index (χ4v) is 4.15. The summed E-state index contributed by atoms with van der Waals surface area (Å²) in [5.74, 6) is 0.0299. The zero-order chi connectivity index (χ0) is 20.1. The van der Waals surface area contributed by atoms with Crippen molar-refractivity contribution < 1.29 is 9.59 Å². The topological polar surface area (TPSA) is 83.7 Å². The maximum Gasteiger partial charge on any atom is 0.261 e. The van der Waals surface area contributed by atoms with Gasteiger partial charge in [-0.15, -0.1) is 10.2 Å². The van der Waals surface area contributed by atoms with Crippen LogP contribution in [-0.2, 0) is 6.54 Å². The van der Waals surface area contributed by atoms with E-state index in [9.17, 15) is 9.59 Å². The van der Waals surface area contributed by atoms with Crippen LogP contribution in [0, 0.1) is 0 Å². The van der Waals surface area contributed by atoms with E-state index >= 15 is 0 Å². The molecule has 0 unspecified atom stereocenters. The highest BCUT2D eigenvalue weighted by molar-refractivity contribution is 7.16. The summed E-state index contributed by atoms with van der Waals surface area (Å²) in [6.45, 7) is 0.110. The first-order valence-electron chi connectivity index (χ1n) is 8.97. The first-order valence-corrected chi connectivity index (χ1v) is 9.78. The zero-order valence-electron chi connectivity index (χ0n) is 15.7. The fourth-order valence-electron chi connectivity index (χ4n) is 3.33. The lowest BCUT2D eigenvalue weighted by atomic mass is 10.1. The predicted octanol–water partition coefficient (Wildman–Crippen LogP) is 2.72. The van der Waals surface area contributed by atoms with Gasteiger partial charge in [0, 0.05) is 25.3 Å². The molecule has 1 aliphatic heterocycles. The van der Waals surface area contributed by atoms with Gasteiger partial charge in [-0.3, -0.25) is 14.5 Å². The van der Waals surface area contributed by atoms with Gasteiger partial charge in [0.15, 0.2) is 5.82 Å².